The molecule has 1 saturated heterocycles. The summed E-state index contributed by atoms with van der Waals surface area (Å²) in [4.78, 5) is 25.4. The number of ether oxygens (including phenoxy) is 4. The highest BCUT2D eigenvalue weighted by Gasteiger charge is 2.44. The number of aliphatic hydroxyl groups is 4. The lowest BCUT2D eigenvalue weighted by Crippen LogP contribution is -2.59. The van der Waals surface area contributed by atoms with Crippen LogP contribution in [0.4, 0.5) is 0 Å². The number of carbonyl (C=O) groups excluding carboxylic acids is 2. The molecule has 360 valence electrons. The smallest absolute Gasteiger partial charge is 0.306 e. The van der Waals surface area contributed by atoms with E-state index in [-0.39, 0.29) is 26.1 Å². The molecule has 4 N–H and O–H groups in total. The van der Waals surface area contributed by atoms with Crippen LogP contribution in [0.15, 0.2) is 48.6 Å². The van der Waals surface area contributed by atoms with Gasteiger partial charge in [0.25, 0.3) is 0 Å². The van der Waals surface area contributed by atoms with Gasteiger partial charge in [0.05, 0.1) is 13.2 Å². The van der Waals surface area contributed by atoms with Crippen molar-refractivity contribution in [2.75, 3.05) is 19.8 Å². The van der Waals surface area contributed by atoms with Crippen LogP contribution in [-0.4, -0.2) is 89.0 Å². The standard InChI is InChI=1S/C52H92O10/c1-3-5-7-9-11-13-15-17-19-20-21-22-23-24-25-26-27-29-31-33-35-37-39-41-48(55)61-45(44-60-52-51(58)50(57)49(56)46(42-53)62-52)43-59-47(54)40-38-36-34-32-30-28-18-16-14-12-10-8-6-4-2/h10,12,16,18,26-27,33,35,45-46,49-53,56-58H,3-9,11,13-15,17,19-25,28-32,34,36-44H2,1-2H3/b12-10+,18-16+,27-26+,35-33+/t45-,46-,49+,50?,51?,52-/m1/s1. The van der Waals surface area contributed by atoms with Crippen LogP contribution < -0.4 is 0 Å². The van der Waals surface area contributed by atoms with Crippen molar-refractivity contribution in [3.05, 3.63) is 48.6 Å². The maximum Gasteiger partial charge on any atom is 0.306 e. The molecule has 2 unspecified atom stereocenters. The number of aliphatic hydroxyl groups excluding tert-OH is 4. The molecule has 0 aromatic carbocycles. The molecule has 10 heteroatoms. The molecule has 1 heterocycles. The largest absolute Gasteiger partial charge is 0.462 e. The highest BCUT2D eigenvalue weighted by atomic mass is 16.7. The molecule has 0 aromatic rings. The molecule has 10 nitrogen and oxygen atoms in total. The van der Waals surface area contributed by atoms with Gasteiger partial charge in [-0.05, 0) is 70.6 Å². The van der Waals surface area contributed by atoms with Crippen molar-refractivity contribution in [3.8, 4) is 0 Å². The Bertz CT molecular complexity index is 1150. The number of esters is 2. The molecule has 1 rings (SSSR count). The zero-order chi connectivity index (χ0) is 45.1. The summed E-state index contributed by atoms with van der Waals surface area (Å²) < 4.78 is 22.1. The van der Waals surface area contributed by atoms with Gasteiger partial charge in [0.1, 0.15) is 31.0 Å². The number of carbonyl (C=O) groups is 2. The van der Waals surface area contributed by atoms with E-state index in [1.165, 1.54) is 103 Å². The third-order valence-corrected chi connectivity index (χ3v) is 11.4. The van der Waals surface area contributed by atoms with Gasteiger partial charge in [-0.1, -0.05) is 178 Å². The Hall–Kier alpha value is -2.34. The van der Waals surface area contributed by atoms with E-state index in [1.54, 1.807) is 0 Å². The fourth-order valence-corrected chi connectivity index (χ4v) is 7.40. The first-order chi connectivity index (χ1) is 30.3. The fraction of sp³-hybridized carbons (Fsp3) is 0.808. The van der Waals surface area contributed by atoms with Crippen molar-refractivity contribution in [2.45, 2.75) is 250 Å². The van der Waals surface area contributed by atoms with Crippen LogP contribution in [-0.2, 0) is 28.5 Å². The van der Waals surface area contributed by atoms with Crippen molar-refractivity contribution >= 4 is 11.9 Å². The predicted molar refractivity (Wildman–Crippen MR) is 252 cm³/mol. The second kappa shape index (κ2) is 42.6. The Morgan fingerprint density at radius 1 is 0.500 bits per heavy atom. The monoisotopic (exact) mass is 877 g/mol. The molecule has 0 radical (unpaired) electrons. The summed E-state index contributed by atoms with van der Waals surface area (Å²) in [5, 5.41) is 40.1. The topological polar surface area (TPSA) is 152 Å². The van der Waals surface area contributed by atoms with E-state index in [0.29, 0.717) is 12.8 Å². The summed E-state index contributed by atoms with van der Waals surface area (Å²) in [6, 6.07) is 0. The zero-order valence-corrected chi connectivity index (χ0v) is 39.4. The Morgan fingerprint density at radius 3 is 1.50 bits per heavy atom. The highest BCUT2D eigenvalue weighted by molar-refractivity contribution is 5.70. The van der Waals surface area contributed by atoms with Gasteiger partial charge in [0.15, 0.2) is 12.4 Å². The first kappa shape index (κ1) is 57.7. The Balaban J connectivity index is 2.29. The summed E-state index contributed by atoms with van der Waals surface area (Å²) in [6.45, 7) is 3.35. The molecule has 0 aliphatic carbocycles. The summed E-state index contributed by atoms with van der Waals surface area (Å²) in [5.74, 6) is -0.870. The molecule has 0 aromatic heterocycles. The number of hydrogen-bond donors (Lipinski definition) is 4. The Labute approximate surface area is 378 Å². The lowest BCUT2D eigenvalue weighted by Gasteiger charge is -2.39. The van der Waals surface area contributed by atoms with E-state index in [2.05, 4.69) is 62.5 Å². The Morgan fingerprint density at radius 2 is 0.952 bits per heavy atom. The third kappa shape index (κ3) is 33.2. The van der Waals surface area contributed by atoms with Crippen molar-refractivity contribution in [1.82, 2.24) is 0 Å². The number of hydrogen-bond acceptors (Lipinski definition) is 10. The molecule has 0 amide bonds. The molecule has 6 atom stereocenters. The minimum atomic E-state index is -1.61. The molecule has 0 saturated carbocycles. The van der Waals surface area contributed by atoms with E-state index in [4.69, 9.17) is 18.9 Å². The van der Waals surface area contributed by atoms with Gasteiger partial charge in [-0.3, -0.25) is 9.59 Å². The summed E-state index contributed by atoms with van der Waals surface area (Å²) in [7, 11) is 0. The van der Waals surface area contributed by atoms with Gasteiger partial charge in [-0.15, -0.1) is 0 Å². The van der Waals surface area contributed by atoms with Crippen LogP contribution in [0.5, 0.6) is 0 Å². The molecular weight excluding hydrogens is 785 g/mol. The minimum Gasteiger partial charge on any atom is -0.462 e. The van der Waals surface area contributed by atoms with E-state index in [0.717, 1.165) is 70.6 Å². The molecule has 0 spiro atoms. The van der Waals surface area contributed by atoms with Crippen molar-refractivity contribution in [1.29, 1.82) is 0 Å². The summed E-state index contributed by atoms with van der Waals surface area (Å²) in [5.41, 5.74) is 0. The molecule has 1 aliphatic rings. The van der Waals surface area contributed by atoms with Gasteiger partial charge in [0.2, 0.25) is 0 Å². The van der Waals surface area contributed by atoms with Gasteiger partial charge in [0, 0.05) is 12.8 Å². The second-order valence-corrected chi connectivity index (χ2v) is 17.2. The van der Waals surface area contributed by atoms with Crippen molar-refractivity contribution in [3.63, 3.8) is 0 Å². The number of unbranched alkanes of at least 4 members (excludes halogenated alkanes) is 23. The van der Waals surface area contributed by atoms with Crippen LogP contribution in [0.3, 0.4) is 0 Å². The predicted octanol–water partition coefficient (Wildman–Crippen LogP) is 11.6. The van der Waals surface area contributed by atoms with Gasteiger partial charge < -0.3 is 39.4 Å². The van der Waals surface area contributed by atoms with E-state index in [1.807, 2.05) is 0 Å². The zero-order valence-electron chi connectivity index (χ0n) is 39.4. The number of rotatable bonds is 42. The van der Waals surface area contributed by atoms with E-state index in [9.17, 15) is 30.0 Å². The SMILES string of the molecule is CCCC/C=C/C/C=C/CCCCCCCC(=O)OC[C@H](CO[C@@H]1O[C@H](CO)[C@H](O)C(O)C1O)OC(=O)CCC/C=C/CC/C=C/CCCCCCCCCCCCCCCC. The van der Waals surface area contributed by atoms with Crippen molar-refractivity contribution in [2.24, 2.45) is 0 Å². The second-order valence-electron chi connectivity index (χ2n) is 17.2. The van der Waals surface area contributed by atoms with Crippen molar-refractivity contribution < 1.29 is 49.0 Å². The lowest BCUT2D eigenvalue weighted by atomic mass is 9.99. The first-order valence-electron chi connectivity index (χ1n) is 25.2. The first-order valence-corrected chi connectivity index (χ1v) is 25.2. The van der Waals surface area contributed by atoms with Gasteiger partial charge in [-0.2, -0.15) is 0 Å². The number of allylic oxidation sites excluding steroid dienone is 8. The van der Waals surface area contributed by atoms with Crippen LogP contribution in [0.25, 0.3) is 0 Å². The summed E-state index contributed by atoms with van der Waals surface area (Å²) in [6.07, 6.45) is 44.2. The maximum absolute atomic E-state index is 12.8. The van der Waals surface area contributed by atoms with Crippen LogP contribution in [0.2, 0.25) is 0 Å². The van der Waals surface area contributed by atoms with E-state index < -0.39 is 55.4 Å². The molecule has 1 aliphatic heterocycles. The van der Waals surface area contributed by atoms with Gasteiger partial charge >= 0.3 is 11.9 Å². The minimum absolute atomic E-state index is 0.166. The molecule has 0 bridgehead atoms. The normalized spacial score (nSPS) is 20.0. The third-order valence-electron chi connectivity index (χ3n) is 11.4. The lowest BCUT2D eigenvalue weighted by molar-refractivity contribution is -0.305. The fourth-order valence-electron chi connectivity index (χ4n) is 7.40. The van der Waals surface area contributed by atoms with E-state index >= 15 is 0 Å². The van der Waals surface area contributed by atoms with Crippen LogP contribution >= 0.6 is 0 Å². The molecular formula is C52H92O10. The summed E-state index contributed by atoms with van der Waals surface area (Å²) >= 11 is 0. The van der Waals surface area contributed by atoms with Crippen LogP contribution in [0, 0.1) is 0 Å². The van der Waals surface area contributed by atoms with Gasteiger partial charge in [-0.25, -0.2) is 0 Å². The maximum atomic E-state index is 12.8. The molecule has 62 heavy (non-hydrogen) atoms. The van der Waals surface area contributed by atoms with Crippen LogP contribution in [0.1, 0.15) is 213 Å². The average molecular weight is 877 g/mol. The average Bonchev–Trinajstić information content (AvgIpc) is 3.27. The Kier molecular flexibility index (Phi) is 39.6. The molecule has 1 fully saturated rings. The quantitative estimate of drug-likeness (QED) is 0.0265. The highest BCUT2D eigenvalue weighted by Crippen LogP contribution is 2.23.